The number of thiazole rings is 1. The van der Waals surface area contributed by atoms with Crippen LogP contribution in [-0.2, 0) is 6.42 Å². The number of hydrogen-bond donors (Lipinski definition) is 1. The van der Waals surface area contributed by atoms with E-state index in [-0.39, 0.29) is 11.5 Å². The maximum atomic E-state index is 6.36. The molecular weight excluding hydrogens is 268 g/mol. The Morgan fingerprint density at radius 1 is 1.35 bits per heavy atom. The van der Waals surface area contributed by atoms with Gasteiger partial charge in [0.2, 0.25) is 0 Å². The first-order valence-electron chi connectivity index (χ1n) is 7.56. The lowest BCUT2D eigenvalue weighted by Gasteiger charge is -2.37. The number of piperazine rings is 1. The zero-order valence-corrected chi connectivity index (χ0v) is 13.8. The number of anilines is 1. The number of rotatable bonds is 1. The summed E-state index contributed by atoms with van der Waals surface area (Å²) < 4.78 is 0. The van der Waals surface area contributed by atoms with Crippen molar-refractivity contribution in [1.82, 2.24) is 9.88 Å². The Hall–Kier alpha value is -0.650. The molecule has 3 rings (SSSR count). The van der Waals surface area contributed by atoms with Gasteiger partial charge in [-0.05, 0) is 32.2 Å². The molecule has 20 heavy (non-hydrogen) atoms. The summed E-state index contributed by atoms with van der Waals surface area (Å²) in [4.78, 5) is 11.1. The van der Waals surface area contributed by atoms with Crippen LogP contribution in [0.2, 0.25) is 0 Å². The monoisotopic (exact) mass is 294 g/mol. The molecule has 1 aromatic heterocycles. The van der Waals surface area contributed by atoms with Crippen LogP contribution in [0.3, 0.4) is 0 Å². The van der Waals surface area contributed by atoms with E-state index in [4.69, 9.17) is 10.7 Å². The van der Waals surface area contributed by atoms with E-state index in [0.29, 0.717) is 6.04 Å². The molecule has 2 atom stereocenters. The highest BCUT2D eigenvalue weighted by Crippen LogP contribution is 2.43. The molecule has 0 amide bonds. The van der Waals surface area contributed by atoms with Gasteiger partial charge >= 0.3 is 0 Å². The van der Waals surface area contributed by atoms with E-state index in [1.165, 1.54) is 15.7 Å². The van der Waals surface area contributed by atoms with E-state index in [1.54, 1.807) is 0 Å². The molecule has 1 aliphatic heterocycles. The van der Waals surface area contributed by atoms with Crippen LogP contribution in [0.5, 0.6) is 0 Å². The summed E-state index contributed by atoms with van der Waals surface area (Å²) in [5.74, 6) is 0. The van der Waals surface area contributed by atoms with Gasteiger partial charge in [0, 0.05) is 36.6 Å². The van der Waals surface area contributed by atoms with Crippen molar-refractivity contribution in [1.29, 1.82) is 0 Å². The Balaban J connectivity index is 1.83. The third-order valence-electron chi connectivity index (χ3n) is 4.70. The second-order valence-corrected chi connectivity index (χ2v) is 8.24. The second-order valence-electron chi connectivity index (χ2n) is 7.23. The zero-order valence-electron chi connectivity index (χ0n) is 13.0. The smallest absolute Gasteiger partial charge is 0.185 e. The van der Waals surface area contributed by atoms with Gasteiger partial charge in [0.05, 0.1) is 5.69 Å². The van der Waals surface area contributed by atoms with Crippen LogP contribution in [0.4, 0.5) is 5.13 Å². The minimum atomic E-state index is 0.171. The van der Waals surface area contributed by atoms with Crippen molar-refractivity contribution in [3.63, 3.8) is 0 Å². The van der Waals surface area contributed by atoms with E-state index in [2.05, 4.69) is 37.6 Å². The summed E-state index contributed by atoms with van der Waals surface area (Å²) in [6.07, 6.45) is 2.14. The number of hydrogen-bond acceptors (Lipinski definition) is 5. The molecule has 2 aliphatic rings. The van der Waals surface area contributed by atoms with Gasteiger partial charge in [0.1, 0.15) is 0 Å². The Bertz CT molecular complexity index is 496. The number of likely N-dealkylation sites (N-methyl/N-ethyl adjacent to an activating group) is 1. The van der Waals surface area contributed by atoms with Crippen LogP contribution in [-0.4, -0.2) is 42.6 Å². The predicted molar refractivity (Wildman–Crippen MR) is 85.4 cm³/mol. The molecule has 0 bridgehead atoms. The van der Waals surface area contributed by atoms with Gasteiger partial charge in [-0.25, -0.2) is 4.98 Å². The van der Waals surface area contributed by atoms with Crippen LogP contribution < -0.4 is 10.6 Å². The fraction of sp³-hybridized carbons (Fsp3) is 0.800. The lowest BCUT2D eigenvalue weighted by atomic mass is 9.77. The third kappa shape index (κ3) is 2.59. The first-order chi connectivity index (χ1) is 9.35. The first-order valence-corrected chi connectivity index (χ1v) is 8.38. The van der Waals surface area contributed by atoms with Gasteiger partial charge in [0.15, 0.2) is 5.13 Å². The molecule has 5 heteroatoms. The van der Waals surface area contributed by atoms with E-state index in [9.17, 15) is 0 Å². The molecule has 2 heterocycles. The molecule has 4 nitrogen and oxygen atoms in total. The summed E-state index contributed by atoms with van der Waals surface area (Å²) in [7, 11) is 2.20. The average Bonchev–Trinajstić information content (AvgIpc) is 2.75. The van der Waals surface area contributed by atoms with E-state index in [0.717, 1.165) is 32.5 Å². The molecule has 1 saturated heterocycles. The fourth-order valence-electron chi connectivity index (χ4n) is 3.34. The lowest BCUT2D eigenvalue weighted by Crippen LogP contribution is -2.50. The standard InChI is InChI=1S/C15H26N4S/c1-10-9-19(6-5-18(10)4)14-17-12-8-15(2,3)7-11(16)13(12)20-14/h10-11H,5-9,16H2,1-4H3. The molecular formula is C15H26N4S. The largest absolute Gasteiger partial charge is 0.345 e. The van der Waals surface area contributed by atoms with E-state index < -0.39 is 0 Å². The quantitative estimate of drug-likeness (QED) is 0.863. The molecule has 1 fully saturated rings. The molecule has 0 spiro atoms. The third-order valence-corrected chi connectivity index (χ3v) is 5.99. The number of nitrogens with two attached hydrogens (primary N) is 1. The molecule has 2 N–H and O–H groups in total. The summed E-state index contributed by atoms with van der Waals surface area (Å²) in [6.45, 7) is 10.1. The Morgan fingerprint density at radius 3 is 2.80 bits per heavy atom. The average molecular weight is 294 g/mol. The SMILES string of the molecule is CC1CN(c2nc3c(s2)C(N)CC(C)(C)C3)CCN1C. The summed E-state index contributed by atoms with van der Waals surface area (Å²) >= 11 is 1.83. The van der Waals surface area contributed by atoms with Gasteiger partial charge in [-0.15, -0.1) is 0 Å². The van der Waals surface area contributed by atoms with Crippen LogP contribution in [0.25, 0.3) is 0 Å². The maximum absolute atomic E-state index is 6.36. The lowest BCUT2D eigenvalue weighted by molar-refractivity contribution is 0.234. The van der Waals surface area contributed by atoms with Crippen molar-refractivity contribution >= 4 is 16.5 Å². The van der Waals surface area contributed by atoms with Crippen molar-refractivity contribution in [2.75, 3.05) is 31.6 Å². The molecule has 0 radical (unpaired) electrons. The molecule has 0 saturated carbocycles. The maximum Gasteiger partial charge on any atom is 0.185 e. The zero-order chi connectivity index (χ0) is 14.5. The van der Waals surface area contributed by atoms with Crippen molar-refractivity contribution in [2.24, 2.45) is 11.1 Å². The van der Waals surface area contributed by atoms with Crippen LogP contribution >= 0.6 is 11.3 Å². The van der Waals surface area contributed by atoms with Gasteiger partial charge in [-0.2, -0.15) is 0 Å². The van der Waals surface area contributed by atoms with Crippen LogP contribution in [0.1, 0.15) is 43.8 Å². The summed E-state index contributed by atoms with van der Waals surface area (Å²) in [6, 6.07) is 0.764. The number of fused-ring (bicyclic) bond motifs is 1. The predicted octanol–water partition coefficient (Wildman–Crippen LogP) is 2.26. The molecule has 1 aromatic rings. The molecule has 1 aliphatic carbocycles. The highest BCUT2D eigenvalue weighted by molar-refractivity contribution is 7.15. The molecule has 2 unspecified atom stereocenters. The van der Waals surface area contributed by atoms with Crippen molar-refractivity contribution in [3.8, 4) is 0 Å². The van der Waals surface area contributed by atoms with Gasteiger partial charge in [-0.1, -0.05) is 25.2 Å². The fourth-order valence-corrected chi connectivity index (χ4v) is 4.46. The highest BCUT2D eigenvalue weighted by atomic mass is 32.1. The van der Waals surface area contributed by atoms with E-state index >= 15 is 0 Å². The Labute approximate surface area is 126 Å². The molecule has 0 aromatic carbocycles. The highest BCUT2D eigenvalue weighted by Gasteiger charge is 2.34. The second kappa shape index (κ2) is 4.97. The normalized spacial score (nSPS) is 30.4. The minimum Gasteiger partial charge on any atom is -0.345 e. The van der Waals surface area contributed by atoms with Gasteiger partial charge in [-0.3, -0.25) is 0 Å². The summed E-state index contributed by atoms with van der Waals surface area (Å²) in [5, 5.41) is 1.18. The van der Waals surface area contributed by atoms with E-state index in [1.807, 2.05) is 11.3 Å². The minimum absolute atomic E-state index is 0.171. The number of aromatic nitrogens is 1. The molecule has 112 valence electrons. The Kier molecular flexibility index (Phi) is 3.55. The topological polar surface area (TPSA) is 45.4 Å². The van der Waals surface area contributed by atoms with Gasteiger partial charge in [0.25, 0.3) is 0 Å². The van der Waals surface area contributed by atoms with Crippen molar-refractivity contribution in [2.45, 2.75) is 45.7 Å². The van der Waals surface area contributed by atoms with Crippen LogP contribution in [0.15, 0.2) is 0 Å². The number of nitrogens with zero attached hydrogens (tertiary/aromatic N) is 3. The Morgan fingerprint density at radius 2 is 2.10 bits per heavy atom. The van der Waals surface area contributed by atoms with Crippen LogP contribution in [0, 0.1) is 5.41 Å². The first kappa shape index (κ1) is 14.3. The van der Waals surface area contributed by atoms with Gasteiger partial charge < -0.3 is 15.5 Å². The summed E-state index contributed by atoms with van der Waals surface area (Å²) in [5.41, 5.74) is 7.89. The van der Waals surface area contributed by atoms with Crippen molar-refractivity contribution < 1.29 is 0 Å². The van der Waals surface area contributed by atoms with Crippen molar-refractivity contribution in [3.05, 3.63) is 10.6 Å².